The Hall–Kier alpha value is -1.96. The molecule has 2 aliphatic rings. The normalized spacial score (nSPS) is 21.4. The van der Waals surface area contributed by atoms with Gasteiger partial charge in [0.2, 0.25) is 5.95 Å². The molecule has 1 aromatic heterocycles. The first kappa shape index (κ1) is 17.5. The van der Waals surface area contributed by atoms with Gasteiger partial charge >= 0.3 is 0 Å². The Morgan fingerprint density at radius 2 is 2.08 bits per heavy atom. The summed E-state index contributed by atoms with van der Waals surface area (Å²) in [4.78, 5) is 13.3. The van der Waals surface area contributed by atoms with E-state index in [2.05, 4.69) is 16.3 Å². The van der Waals surface area contributed by atoms with Crippen LogP contribution >= 0.6 is 0 Å². The minimum atomic E-state index is 0.249. The van der Waals surface area contributed by atoms with E-state index in [1.165, 1.54) is 4.90 Å². The van der Waals surface area contributed by atoms with Crippen LogP contribution in [0, 0.1) is 0 Å². The smallest absolute Gasteiger partial charge is 0.228 e. The number of nitrogens with zero attached hydrogens (tertiary/aromatic N) is 3. The summed E-state index contributed by atoms with van der Waals surface area (Å²) < 4.78 is 5.73. The highest BCUT2D eigenvalue weighted by Gasteiger charge is 2.23. The second-order valence-electron chi connectivity index (χ2n) is 7.12. The summed E-state index contributed by atoms with van der Waals surface area (Å²) in [5.41, 5.74) is 0.970. The van der Waals surface area contributed by atoms with Crippen LogP contribution in [0.2, 0.25) is 0 Å². The van der Waals surface area contributed by atoms with Crippen molar-refractivity contribution in [1.82, 2.24) is 9.97 Å². The van der Waals surface area contributed by atoms with E-state index in [0.29, 0.717) is 0 Å². The third-order valence-corrected chi connectivity index (χ3v) is 5.33. The predicted molar refractivity (Wildman–Crippen MR) is 102 cm³/mol. The lowest BCUT2D eigenvalue weighted by Gasteiger charge is -2.32. The fraction of sp³-hybridized carbons (Fsp3) is 0.579. The maximum Gasteiger partial charge on any atom is 0.228 e. The molecule has 7 heteroatoms. The molecule has 0 saturated carbocycles. The number of anilines is 2. The highest BCUT2D eigenvalue weighted by Crippen LogP contribution is 2.24. The van der Waals surface area contributed by atoms with Crippen molar-refractivity contribution < 1.29 is 14.7 Å². The largest absolute Gasteiger partial charge is 0.391 e. The number of quaternary nitrogens is 1. The van der Waals surface area contributed by atoms with E-state index in [0.717, 1.165) is 81.4 Å². The molecular formula is C19H28N5O2+. The zero-order chi connectivity index (χ0) is 17.8. The summed E-state index contributed by atoms with van der Waals surface area (Å²) in [7, 11) is 0. The minimum Gasteiger partial charge on any atom is -0.391 e. The standard InChI is InChI=1S/C19H27N5O2/c25-12-11-23-7-9-24(10-8-23)19-21-17-6-2-1-5-16(17)18(22-19)20-14-15-4-3-13-26-15/h1-2,5-6,15,25H,3-4,7-14H2,(H,20,21,22)/p+1/t15-/m1/s1. The fourth-order valence-electron chi connectivity index (χ4n) is 3.79. The summed E-state index contributed by atoms with van der Waals surface area (Å²) in [5.74, 6) is 1.69. The molecule has 0 amide bonds. The summed E-state index contributed by atoms with van der Waals surface area (Å²) in [6, 6.07) is 8.16. The number of fused-ring (bicyclic) bond motifs is 1. The maximum atomic E-state index is 9.13. The van der Waals surface area contributed by atoms with Gasteiger partial charge in [0.05, 0.1) is 44.4 Å². The quantitative estimate of drug-likeness (QED) is 0.671. The van der Waals surface area contributed by atoms with Crippen LogP contribution in [0.1, 0.15) is 12.8 Å². The molecule has 0 spiro atoms. The number of piperazine rings is 1. The molecule has 2 saturated heterocycles. The van der Waals surface area contributed by atoms with Gasteiger partial charge < -0.3 is 25.0 Å². The summed E-state index contributed by atoms with van der Waals surface area (Å²) >= 11 is 0. The molecule has 1 atom stereocenters. The number of hydrogen-bond donors (Lipinski definition) is 3. The van der Waals surface area contributed by atoms with Gasteiger partial charge in [0.15, 0.2) is 0 Å². The number of benzene rings is 1. The number of hydrogen-bond acceptors (Lipinski definition) is 6. The van der Waals surface area contributed by atoms with Crippen molar-refractivity contribution in [2.75, 3.05) is 62.7 Å². The van der Waals surface area contributed by atoms with E-state index < -0.39 is 0 Å². The van der Waals surface area contributed by atoms with Crippen LogP contribution in [0.15, 0.2) is 24.3 Å². The summed E-state index contributed by atoms with van der Waals surface area (Å²) in [6.45, 7) is 6.57. The first-order valence-corrected chi connectivity index (χ1v) is 9.65. The van der Waals surface area contributed by atoms with E-state index in [-0.39, 0.29) is 12.7 Å². The zero-order valence-corrected chi connectivity index (χ0v) is 15.2. The van der Waals surface area contributed by atoms with Crippen molar-refractivity contribution in [1.29, 1.82) is 0 Å². The van der Waals surface area contributed by atoms with Gasteiger partial charge in [-0.05, 0) is 25.0 Å². The maximum absolute atomic E-state index is 9.13. The zero-order valence-electron chi connectivity index (χ0n) is 15.2. The molecule has 3 N–H and O–H groups in total. The van der Waals surface area contributed by atoms with Crippen molar-refractivity contribution in [2.45, 2.75) is 18.9 Å². The molecule has 0 aliphatic carbocycles. The molecule has 4 rings (SSSR count). The van der Waals surface area contributed by atoms with Crippen molar-refractivity contribution in [2.24, 2.45) is 0 Å². The number of nitrogens with one attached hydrogen (secondary N) is 2. The third-order valence-electron chi connectivity index (χ3n) is 5.33. The minimum absolute atomic E-state index is 0.249. The second-order valence-corrected chi connectivity index (χ2v) is 7.12. The summed E-state index contributed by atoms with van der Waals surface area (Å²) in [6.07, 6.45) is 2.53. The second kappa shape index (κ2) is 8.16. The average molecular weight is 358 g/mol. The molecule has 1 aromatic carbocycles. The lowest BCUT2D eigenvalue weighted by molar-refractivity contribution is -0.900. The van der Waals surface area contributed by atoms with Crippen molar-refractivity contribution in [3.05, 3.63) is 24.3 Å². The van der Waals surface area contributed by atoms with Crippen LogP contribution < -0.4 is 15.1 Å². The Morgan fingerprint density at radius 3 is 2.85 bits per heavy atom. The van der Waals surface area contributed by atoms with E-state index in [1.807, 2.05) is 18.2 Å². The first-order chi connectivity index (χ1) is 12.8. The molecule has 2 aliphatic heterocycles. The number of para-hydroxylation sites is 1. The van der Waals surface area contributed by atoms with Crippen LogP contribution in [-0.2, 0) is 4.74 Å². The summed E-state index contributed by atoms with van der Waals surface area (Å²) in [5, 5.41) is 13.7. The molecule has 0 radical (unpaired) electrons. The lowest BCUT2D eigenvalue weighted by atomic mass is 10.2. The van der Waals surface area contributed by atoms with Crippen molar-refractivity contribution >= 4 is 22.7 Å². The highest BCUT2D eigenvalue weighted by atomic mass is 16.5. The number of rotatable bonds is 6. The molecule has 2 aromatic rings. The lowest BCUT2D eigenvalue weighted by Crippen LogP contribution is -3.15. The van der Waals surface area contributed by atoms with Crippen molar-refractivity contribution in [3.63, 3.8) is 0 Å². The monoisotopic (exact) mass is 358 g/mol. The molecule has 2 fully saturated rings. The molecule has 7 nitrogen and oxygen atoms in total. The molecule has 0 bridgehead atoms. The highest BCUT2D eigenvalue weighted by molar-refractivity contribution is 5.90. The Bertz CT molecular complexity index is 727. The Labute approximate surface area is 154 Å². The Morgan fingerprint density at radius 1 is 1.23 bits per heavy atom. The van der Waals surface area contributed by atoms with Gasteiger partial charge in [-0.25, -0.2) is 4.98 Å². The molecule has 26 heavy (non-hydrogen) atoms. The molecule has 3 heterocycles. The van der Waals surface area contributed by atoms with Crippen LogP contribution in [0.25, 0.3) is 10.9 Å². The average Bonchev–Trinajstić information content (AvgIpc) is 3.20. The fourth-order valence-corrected chi connectivity index (χ4v) is 3.79. The van der Waals surface area contributed by atoms with Crippen LogP contribution in [0.5, 0.6) is 0 Å². The van der Waals surface area contributed by atoms with E-state index in [1.54, 1.807) is 0 Å². The van der Waals surface area contributed by atoms with Gasteiger partial charge in [0, 0.05) is 18.5 Å². The van der Waals surface area contributed by atoms with Gasteiger partial charge in [-0.15, -0.1) is 0 Å². The molecule has 0 unspecified atom stereocenters. The van der Waals surface area contributed by atoms with E-state index >= 15 is 0 Å². The number of aromatic nitrogens is 2. The van der Waals surface area contributed by atoms with Gasteiger partial charge in [-0.1, -0.05) is 12.1 Å². The molecular weight excluding hydrogens is 330 g/mol. The third kappa shape index (κ3) is 3.90. The van der Waals surface area contributed by atoms with Gasteiger partial charge in [0.1, 0.15) is 12.4 Å². The number of aliphatic hydroxyl groups is 1. The number of aliphatic hydroxyl groups excluding tert-OH is 1. The molecule has 140 valence electrons. The van der Waals surface area contributed by atoms with E-state index in [9.17, 15) is 0 Å². The topological polar surface area (TPSA) is 75.0 Å². The van der Waals surface area contributed by atoms with E-state index in [4.69, 9.17) is 19.8 Å². The van der Waals surface area contributed by atoms with Crippen molar-refractivity contribution in [3.8, 4) is 0 Å². The van der Waals surface area contributed by atoms with Gasteiger partial charge in [-0.3, -0.25) is 0 Å². The van der Waals surface area contributed by atoms with Crippen LogP contribution in [-0.4, -0.2) is 73.7 Å². The number of ether oxygens (including phenoxy) is 1. The Kier molecular flexibility index (Phi) is 5.48. The van der Waals surface area contributed by atoms with Crippen LogP contribution in [0.4, 0.5) is 11.8 Å². The van der Waals surface area contributed by atoms with Gasteiger partial charge in [-0.2, -0.15) is 4.98 Å². The first-order valence-electron chi connectivity index (χ1n) is 9.65. The van der Waals surface area contributed by atoms with Gasteiger partial charge in [0.25, 0.3) is 0 Å². The van der Waals surface area contributed by atoms with Crippen LogP contribution in [0.3, 0.4) is 0 Å². The predicted octanol–water partition coefficient (Wildman–Crippen LogP) is -0.0821. The Balaban J connectivity index is 1.53. The SMILES string of the molecule is OCC[NH+]1CCN(c2nc(NC[C@H]3CCCO3)c3ccccc3n2)CC1.